The minimum absolute atomic E-state index is 0.299. The Morgan fingerprint density at radius 3 is 2.24 bits per heavy atom. The molecule has 17 heavy (non-hydrogen) atoms. The summed E-state index contributed by atoms with van der Waals surface area (Å²) < 4.78 is 10.8. The number of hydrogen-bond donors (Lipinski definition) is 0. The Hall–Kier alpha value is -1.35. The Morgan fingerprint density at radius 2 is 1.82 bits per heavy atom. The van der Waals surface area contributed by atoms with E-state index in [-0.39, 0.29) is 5.97 Å². The maximum Gasteiger partial charge on any atom is 0.345 e. The van der Waals surface area contributed by atoms with Gasteiger partial charge >= 0.3 is 5.97 Å². The molecule has 2 rings (SSSR count). The fourth-order valence-corrected chi connectivity index (χ4v) is 2.64. The molecular formula is C14H18O3. The molecule has 0 aromatic heterocycles. The van der Waals surface area contributed by atoms with Crippen molar-refractivity contribution in [1.29, 1.82) is 0 Å². The van der Waals surface area contributed by atoms with Crippen molar-refractivity contribution in [2.75, 3.05) is 7.11 Å². The summed E-state index contributed by atoms with van der Waals surface area (Å²) >= 11 is 0. The third-order valence-corrected chi connectivity index (χ3v) is 3.74. The van der Waals surface area contributed by atoms with Crippen LogP contribution in [0.3, 0.4) is 0 Å². The maximum absolute atomic E-state index is 12.1. The van der Waals surface area contributed by atoms with Crippen LogP contribution in [0.2, 0.25) is 0 Å². The van der Waals surface area contributed by atoms with Gasteiger partial charge in [0.2, 0.25) is 5.60 Å². The molecule has 0 N–H and O–H groups in total. The molecule has 0 saturated carbocycles. The van der Waals surface area contributed by atoms with Gasteiger partial charge in [-0.2, -0.15) is 0 Å². The van der Waals surface area contributed by atoms with Crippen molar-refractivity contribution < 1.29 is 14.3 Å². The summed E-state index contributed by atoms with van der Waals surface area (Å²) in [5.74, 6) is -0.299. The van der Waals surface area contributed by atoms with Crippen molar-refractivity contribution in [2.45, 2.75) is 37.9 Å². The van der Waals surface area contributed by atoms with E-state index in [0.717, 1.165) is 18.4 Å². The van der Waals surface area contributed by atoms with Gasteiger partial charge in [0.1, 0.15) is 5.60 Å². The first-order valence-electron chi connectivity index (χ1n) is 6.01. The molecule has 1 fully saturated rings. The van der Waals surface area contributed by atoms with Gasteiger partial charge in [-0.25, -0.2) is 4.79 Å². The lowest BCUT2D eigenvalue weighted by molar-refractivity contribution is -0.147. The average Bonchev–Trinajstić information content (AvgIpc) is 3.10. The fraction of sp³-hybridized carbons (Fsp3) is 0.500. The monoisotopic (exact) mass is 234 g/mol. The molecule has 0 aliphatic carbocycles. The van der Waals surface area contributed by atoms with Gasteiger partial charge in [0.25, 0.3) is 0 Å². The highest BCUT2D eigenvalue weighted by molar-refractivity contribution is 5.86. The predicted molar refractivity (Wildman–Crippen MR) is 64.5 cm³/mol. The Kier molecular flexibility index (Phi) is 2.96. The van der Waals surface area contributed by atoms with Gasteiger partial charge in [0.05, 0.1) is 7.11 Å². The van der Waals surface area contributed by atoms with Crippen molar-refractivity contribution in [3.05, 3.63) is 35.9 Å². The number of epoxide rings is 1. The Labute approximate surface area is 102 Å². The van der Waals surface area contributed by atoms with Crippen LogP contribution in [0.25, 0.3) is 0 Å². The normalized spacial score (nSPS) is 25.4. The quantitative estimate of drug-likeness (QED) is 0.594. The number of carbonyl (C=O) groups is 1. The lowest BCUT2D eigenvalue weighted by atomic mass is 9.83. The lowest BCUT2D eigenvalue weighted by Crippen LogP contribution is -2.32. The number of benzene rings is 1. The molecule has 1 aliphatic heterocycles. The molecule has 3 nitrogen and oxygen atoms in total. The second kappa shape index (κ2) is 4.15. The molecule has 3 heteroatoms. The summed E-state index contributed by atoms with van der Waals surface area (Å²) in [5.41, 5.74) is -0.413. The summed E-state index contributed by atoms with van der Waals surface area (Å²) in [4.78, 5) is 12.1. The van der Waals surface area contributed by atoms with Crippen molar-refractivity contribution in [3.8, 4) is 0 Å². The number of rotatable bonds is 4. The molecule has 1 aliphatic rings. The van der Waals surface area contributed by atoms with Gasteiger partial charge in [-0.3, -0.25) is 0 Å². The van der Waals surface area contributed by atoms with E-state index >= 15 is 0 Å². The molecule has 0 amide bonds. The summed E-state index contributed by atoms with van der Waals surface area (Å²) in [6.45, 7) is 4.08. The molecule has 0 radical (unpaired) electrons. The van der Waals surface area contributed by atoms with Crippen molar-refractivity contribution >= 4 is 5.97 Å². The van der Waals surface area contributed by atoms with Crippen LogP contribution in [-0.2, 0) is 19.9 Å². The largest absolute Gasteiger partial charge is 0.467 e. The van der Waals surface area contributed by atoms with E-state index in [2.05, 4.69) is 0 Å². The summed E-state index contributed by atoms with van der Waals surface area (Å²) in [6.07, 6.45) is 1.60. The van der Waals surface area contributed by atoms with Crippen LogP contribution in [0.1, 0.15) is 32.3 Å². The summed E-state index contributed by atoms with van der Waals surface area (Å²) in [5, 5.41) is 0. The first-order valence-corrected chi connectivity index (χ1v) is 6.01. The van der Waals surface area contributed by atoms with Crippen LogP contribution in [-0.4, -0.2) is 18.7 Å². The van der Waals surface area contributed by atoms with Gasteiger partial charge in [-0.15, -0.1) is 0 Å². The zero-order valence-corrected chi connectivity index (χ0v) is 10.5. The molecule has 0 bridgehead atoms. The summed E-state index contributed by atoms with van der Waals surface area (Å²) in [7, 11) is 1.41. The van der Waals surface area contributed by atoms with Crippen molar-refractivity contribution in [1.82, 2.24) is 0 Å². The third kappa shape index (κ3) is 1.49. The van der Waals surface area contributed by atoms with E-state index < -0.39 is 11.2 Å². The lowest BCUT2D eigenvalue weighted by Gasteiger charge is -2.16. The highest BCUT2D eigenvalue weighted by atomic mass is 16.7. The average molecular weight is 234 g/mol. The molecule has 1 aromatic rings. The standard InChI is InChI=1S/C14H18O3/c1-4-13(5-2)14(17-13,12(15)16-3)11-9-7-6-8-10-11/h6-10H,4-5H2,1-3H3. The number of esters is 1. The van der Waals surface area contributed by atoms with Crippen LogP contribution in [0, 0.1) is 0 Å². The van der Waals surface area contributed by atoms with E-state index in [1.165, 1.54) is 7.11 Å². The molecule has 1 aromatic carbocycles. The van der Waals surface area contributed by atoms with Crippen LogP contribution < -0.4 is 0 Å². The van der Waals surface area contributed by atoms with Gasteiger partial charge in [-0.1, -0.05) is 44.2 Å². The van der Waals surface area contributed by atoms with Crippen LogP contribution in [0.5, 0.6) is 0 Å². The molecule has 1 atom stereocenters. The highest BCUT2D eigenvalue weighted by Crippen LogP contribution is 2.60. The van der Waals surface area contributed by atoms with Gasteiger partial charge in [-0.05, 0) is 18.4 Å². The van der Waals surface area contributed by atoms with E-state index in [0.29, 0.717) is 0 Å². The van der Waals surface area contributed by atoms with Gasteiger partial charge in [0.15, 0.2) is 0 Å². The molecular weight excluding hydrogens is 216 g/mol. The Bertz CT molecular complexity index is 409. The fourth-order valence-electron chi connectivity index (χ4n) is 2.64. The van der Waals surface area contributed by atoms with Crippen LogP contribution in [0.15, 0.2) is 30.3 Å². The van der Waals surface area contributed by atoms with E-state index in [9.17, 15) is 4.79 Å². The van der Waals surface area contributed by atoms with Crippen molar-refractivity contribution in [3.63, 3.8) is 0 Å². The Morgan fingerprint density at radius 1 is 1.24 bits per heavy atom. The van der Waals surface area contributed by atoms with Crippen LogP contribution in [0.4, 0.5) is 0 Å². The molecule has 0 spiro atoms. The first-order chi connectivity index (χ1) is 8.16. The maximum atomic E-state index is 12.1. The van der Waals surface area contributed by atoms with E-state index in [1.54, 1.807) is 0 Å². The summed E-state index contributed by atoms with van der Waals surface area (Å²) in [6, 6.07) is 9.60. The minimum Gasteiger partial charge on any atom is -0.467 e. The molecule has 92 valence electrons. The smallest absolute Gasteiger partial charge is 0.345 e. The minimum atomic E-state index is -0.896. The zero-order chi connectivity index (χ0) is 12.5. The SMILES string of the molecule is CCC1(CC)OC1(C(=O)OC)c1ccccc1. The topological polar surface area (TPSA) is 38.8 Å². The third-order valence-electron chi connectivity index (χ3n) is 3.74. The number of carbonyl (C=O) groups excluding carboxylic acids is 1. The Balaban J connectivity index is 2.46. The second-order valence-corrected chi connectivity index (χ2v) is 4.34. The second-order valence-electron chi connectivity index (χ2n) is 4.34. The molecule has 1 unspecified atom stereocenters. The first kappa shape index (κ1) is 12.1. The highest BCUT2D eigenvalue weighted by Gasteiger charge is 2.74. The van der Waals surface area contributed by atoms with E-state index in [4.69, 9.17) is 9.47 Å². The predicted octanol–water partition coefficient (Wildman–Crippen LogP) is 2.64. The van der Waals surface area contributed by atoms with Gasteiger partial charge < -0.3 is 9.47 Å². The molecule has 1 heterocycles. The number of hydrogen-bond acceptors (Lipinski definition) is 3. The van der Waals surface area contributed by atoms with Crippen molar-refractivity contribution in [2.24, 2.45) is 0 Å². The van der Waals surface area contributed by atoms with Gasteiger partial charge in [0, 0.05) is 0 Å². The number of methoxy groups -OCH3 is 1. The van der Waals surface area contributed by atoms with Crippen LogP contribution >= 0.6 is 0 Å². The number of ether oxygens (including phenoxy) is 2. The van der Waals surface area contributed by atoms with E-state index in [1.807, 2.05) is 44.2 Å². The molecule has 1 saturated heterocycles. The zero-order valence-electron chi connectivity index (χ0n) is 10.5.